The molecule has 0 aliphatic heterocycles. The molecule has 0 spiro atoms. The minimum atomic E-state index is -4.13. The largest absolute Gasteiger partial charge is 0.486 e. The molecule has 2 N–H and O–H groups in total. The summed E-state index contributed by atoms with van der Waals surface area (Å²) >= 11 is 0. The van der Waals surface area contributed by atoms with E-state index in [9.17, 15) is 21.6 Å². The quantitative estimate of drug-likeness (QED) is 0.593. The van der Waals surface area contributed by atoms with Gasteiger partial charge in [-0.1, -0.05) is 30.3 Å². The molecule has 2 heterocycles. The highest BCUT2D eigenvalue weighted by atomic mass is 32.2. The van der Waals surface area contributed by atoms with Gasteiger partial charge in [0, 0.05) is 24.9 Å². The Balaban J connectivity index is 1.78. The molecule has 0 aliphatic carbocycles. The van der Waals surface area contributed by atoms with E-state index in [1.807, 2.05) is 30.3 Å². The maximum atomic E-state index is 14.1. The highest BCUT2D eigenvalue weighted by Gasteiger charge is 2.22. The number of nitrogens with one attached hydrogen (secondary N) is 2. The smallest absolute Gasteiger partial charge is 0.272 e. The van der Waals surface area contributed by atoms with E-state index >= 15 is 0 Å². The standard InChI is InChI=1S/C18H16F3N3O3S/c19-15-7-14(27-11-17(20)21)9-23-18(15)24-28(25,26)16-10-22-8-13(16)6-12-4-2-1-3-5-12/h1-5,7-10,17,22H,6,11H2,(H,23,24). The molecule has 10 heteroatoms. The summed E-state index contributed by atoms with van der Waals surface area (Å²) in [6, 6.07) is 10.0. The summed E-state index contributed by atoms with van der Waals surface area (Å²) in [5, 5.41) is 0. The predicted octanol–water partition coefficient (Wildman–Crippen LogP) is 3.58. The molecule has 0 amide bonds. The fraction of sp³-hybridized carbons (Fsp3) is 0.167. The molecule has 28 heavy (non-hydrogen) atoms. The number of H-pyrrole nitrogens is 1. The number of hydrogen-bond acceptors (Lipinski definition) is 4. The van der Waals surface area contributed by atoms with Crippen molar-refractivity contribution in [2.75, 3.05) is 11.3 Å². The van der Waals surface area contributed by atoms with Crippen molar-refractivity contribution < 1.29 is 26.3 Å². The number of benzene rings is 1. The average Bonchev–Trinajstić information content (AvgIpc) is 3.12. The Morgan fingerprint density at radius 2 is 1.93 bits per heavy atom. The van der Waals surface area contributed by atoms with E-state index in [0.29, 0.717) is 12.0 Å². The van der Waals surface area contributed by atoms with Crippen LogP contribution in [0.3, 0.4) is 0 Å². The van der Waals surface area contributed by atoms with E-state index in [2.05, 4.69) is 19.4 Å². The number of aromatic amines is 1. The Bertz CT molecular complexity index is 1040. The van der Waals surface area contributed by atoms with Crippen LogP contribution in [0.4, 0.5) is 19.0 Å². The molecule has 1 aromatic carbocycles. The van der Waals surface area contributed by atoms with Crippen molar-refractivity contribution in [1.82, 2.24) is 9.97 Å². The first-order chi connectivity index (χ1) is 13.3. The van der Waals surface area contributed by atoms with Gasteiger partial charge in [0.15, 0.2) is 11.6 Å². The Kier molecular flexibility index (Phi) is 5.88. The van der Waals surface area contributed by atoms with Crippen molar-refractivity contribution in [3.05, 3.63) is 71.9 Å². The van der Waals surface area contributed by atoms with E-state index in [-0.39, 0.29) is 10.6 Å². The summed E-state index contributed by atoms with van der Waals surface area (Å²) in [4.78, 5) is 6.31. The third-order valence-electron chi connectivity index (χ3n) is 3.74. The third-order valence-corrected chi connectivity index (χ3v) is 5.16. The Labute approximate surface area is 159 Å². The third kappa shape index (κ3) is 4.83. The molecular formula is C18H16F3N3O3S. The molecule has 6 nitrogen and oxygen atoms in total. The number of halogens is 3. The van der Waals surface area contributed by atoms with Gasteiger partial charge in [-0.2, -0.15) is 0 Å². The van der Waals surface area contributed by atoms with Gasteiger partial charge in [-0.15, -0.1) is 0 Å². The van der Waals surface area contributed by atoms with Crippen LogP contribution in [0.25, 0.3) is 0 Å². The van der Waals surface area contributed by atoms with Gasteiger partial charge in [-0.3, -0.25) is 4.72 Å². The lowest BCUT2D eigenvalue weighted by atomic mass is 10.1. The summed E-state index contributed by atoms with van der Waals surface area (Å²) in [5.74, 6) is -1.83. The van der Waals surface area contributed by atoms with Gasteiger partial charge in [0.1, 0.15) is 17.3 Å². The Morgan fingerprint density at radius 1 is 1.18 bits per heavy atom. The van der Waals surface area contributed by atoms with E-state index in [4.69, 9.17) is 0 Å². The summed E-state index contributed by atoms with van der Waals surface area (Å²) in [6.07, 6.45) is 1.44. The molecular weight excluding hydrogens is 395 g/mol. The Morgan fingerprint density at radius 3 is 2.61 bits per heavy atom. The molecule has 0 saturated carbocycles. The molecule has 0 unspecified atom stereocenters. The van der Waals surface area contributed by atoms with Crippen molar-refractivity contribution in [2.45, 2.75) is 17.7 Å². The van der Waals surface area contributed by atoms with Crippen molar-refractivity contribution in [3.63, 3.8) is 0 Å². The maximum absolute atomic E-state index is 14.1. The Hall–Kier alpha value is -3.01. The topological polar surface area (TPSA) is 84.1 Å². The maximum Gasteiger partial charge on any atom is 0.272 e. The van der Waals surface area contributed by atoms with Gasteiger partial charge >= 0.3 is 0 Å². The van der Waals surface area contributed by atoms with Crippen LogP contribution in [0.15, 0.2) is 59.9 Å². The van der Waals surface area contributed by atoms with Gasteiger partial charge < -0.3 is 9.72 Å². The zero-order valence-corrected chi connectivity index (χ0v) is 15.2. The first-order valence-electron chi connectivity index (χ1n) is 8.14. The van der Waals surface area contributed by atoms with Gasteiger partial charge in [0.05, 0.1) is 6.20 Å². The van der Waals surface area contributed by atoms with Crippen molar-refractivity contribution in [2.24, 2.45) is 0 Å². The van der Waals surface area contributed by atoms with Crippen LogP contribution in [0.5, 0.6) is 5.75 Å². The number of anilines is 1. The van der Waals surface area contributed by atoms with E-state index in [1.54, 1.807) is 6.20 Å². The second-order valence-electron chi connectivity index (χ2n) is 5.82. The lowest BCUT2D eigenvalue weighted by molar-refractivity contribution is 0.0815. The van der Waals surface area contributed by atoms with Crippen LogP contribution in [0, 0.1) is 5.82 Å². The molecule has 0 atom stereocenters. The molecule has 2 aromatic heterocycles. The minimum absolute atomic E-state index is 0.0458. The highest BCUT2D eigenvalue weighted by molar-refractivity contribution is 7.92. The second kappa shape index (κ2) is 8.34. The molecule has 0 aliphatic rings. The van der Waals surface area contributed by atoms with E-state index in [1.165, 1.54) is 6.20 Å². The fourth-order valence-electron chi connectivity index (χ4n) is 2.50. The summed E-state index contributed by atoms with van der Waals surface area (Å²) in [5.41, 5.74) is 1.40. The SMILES string of the molecule is O=S(=O)(Nc1ncc(OCC(F)F)cc1F)c1c[nH]cc1Cc1ccccc1. The number of pyridine rings is 1. The zero-order chi connectivity index (χ0) is 20.1. The zero-order valence-electron chi connectivity index (χ0n) is 14.4. The highest BCUT2D eigenvalue weighted by Crippen LogP contribution is 2.24. The van der Waals surface area contributed by atoms with Gasteiger partial charge in [-0.05, 0) is 11.1 Å². The molecule has 3 aromatic rings. The van der Waals surface area contributed by atoms with Crippen LogP contribution in [-0.2, 0) is 16.4 Å². The van der Waals surface area contributed by atoms with Crippen LogP contribution in [-0.4, -0.2) is 31.4 Å². The number of nitrogens with zero attached hydrogens (tertiary/aromatic N) is 1. The van der Waals surface area contributed by atoms with Crippen molar-refractivity contribution in [1.29, 1.82) is 0 Å². The van der Waals surface area contributed by atoms with Gasteiger partial charge in [-0.25, -0.2) is 26.6 Å². The summed E-state index contributed by atoms with van der Waals surface area (Å²) < 4.78 is 70.5. The van der Waals surface area contributed by atoms with Crippen LogP contribution < -0.4 is 9.46 Å². The number of sulfonamides is 1. The van der Waals surface area contributed by atoms with Crippen LogP contribution in [0.1, 0.15) is 11.1 Å². The fourth-order valence-corrected chi connectivity index (χ4v) is 3.72. The van der Waals surface area contributed by atoms with E-state index < -0.39 is 34.7 Å². The van der Waals surface area contributed by atoms with Crippen LogP contribution >= 0.6 is 0 Å². The second-order valence-corrected chi connectivity index (χ2v) is 7.47. The van der Waals surface area contributed by atoms with Crippen molar-refractivity contribution >= 4 is 15.8 Å². The van der Waals surface area contributed by atoms with Gasteiger partial charge in [0.25, 0.3) is 16.4 Å². The minimum Gasteiger partial charge on any atom is -0.486 e. The number of ether oxygens (including phenoxy) is 1. The molecule has 148 valence electrons. The molecule has 0 saturated heterocycles. The number of alkyl halides is 2. The monoisotopic (exact) mass is 411 g/mol. The average molecular weight is 411 g/mol. The summed E-state index contributed by atoms with van der Waals surface area (Å²) in [6.45, 7) is -0.918. The van der Waals surface area contributed by atoms with Gasteiger partial charge in [0.2, 0.25) is 0 Å². The number of aromatic nitrogens is 2. The molecule has 0 radical (unpaired) electrons. The lowest BCUT2D eigenvalue weighted by Gasteiger charge is -2.10. The van der Waals surface area contributed by atoms with Crippen molar-refractivity contribution in [3.8, 4) is 5.75 Å². The van der Waals surface area contributed by atoms with Crippen LogP contribution in [0.2, 0.25) is 0 Å². The molecule has 0 fully saturated rings. The molecule has 0 bridgehead atoms. The normalized spacial score (nSPS) is 11.6. The predicted molar refractivity (Wildman–Crippen MR) is 96.5 cm³/mol. The first-order valence-corrected chi connectivity index (χ1v) is 9.62. The lowest BCUT2D eigenvalue weighted by Crippen LogP contribution is -2.16. The first kappa shape index (κ1) is 19.7. The number of rotatable bonds is 8. The van der Waals surface area contributed by atoms with E-state index in [0.717, 1.165) is 17.8 Å². The molecule has 3 rings (SSSR count). The number of hydrogen-bond donors (Lipinski definition) is 2. The summed E-state index contributed by atoms with van der Waals surface area (Å²) in [7, 11) is -4.13.